The normalized spacial score (nSPS) is 26.2. The molecule has 0 spiro atoms. The smallest absolute Gasteiger partial charge is 0.227 e. The van der Waals surface area contributed by atoms with E-state index in [0.717, 1.165) is 32.4 Å². The molecule has 0 saturated carbocycles. The lowest BCUT2D eigenvalue weighted by molar-refractivity contribution is -0.133. The van der Waals surface area contributed by atoms with Crippen LogP contribution < -0.4 is 16.4 Å². The van der Waals surface area contributed by atoms with Crippen LogP contribution in [0, 0.1) is 5.41 Å². The Hall–Kier alpha value is -1.10. The highest BCUT2D eigenvalue weighted by atomic mass is 16.2. The molecule has 2 amide bonds. The van der Waals surface area contributed by atoms with E-state index in [9.17, 15) is 9.59 Å². The van der Waals surface area contributed by atoms with Gasteiger partial charge in [0.2, 0.25) is 11.8 Å². The third kappa shape index (κ3) is 3.70. The molecular weight excluding hydrogens is 218 g/mol. The van der Waals surface area contributed by atoms with E-state index >= 15 is 0 Å². The summed E-state index contributed by atoms with van der Waals surface area (Å²) in [5.74, 6) is -0.342. The van der Waals surface area contributed by atoms with Crippen molar-refractivity contribution >= 4 is 11.8 Å². The second kappa shape index (κ2) is 6.00. The first-order chi connectivity index (χ1) is 8.00. The third-order valence-electron chi connectivity index (χ3n) is 3.52. The van der Waals surface area contributed by atoms with E-state index in [-0.39, 0.29) is 29.7 Å². The van der Waals surface area contributed by atoms with Gasteiger partial charge in [-0.3, -0.25) is 9.59 Å². The van der Waals surface area contributed by atoms with E-state index in [1.165, 1.54) is 0 Å². The van der Waals surface area contributed by atoms with E-state index in [0.29, 0.717) is 0 Å². The number of carbonyl (C=O) groups excluding carboxylic acids is 2. The Kier molecular flexibility index (Phi) is 4.93. The van der Waals surface area contributed by atoms with Crippen molar-refractivity contribution in [3.05, 3.63) is 0 Å². The molecule has 1 heterocycles. The van der Waals surface area contributed by atoms with Crippen LogP contribution in [0.1, 0.15) is 39.5 Å². The van der Waals surface area contributed by atoms with Crippen LogP contribution in [0.4, 0.5) is 0 Å². The lowest BCUT2D eigenvalue weighted by Gasteiger charge is -2.36. The van der Waals surface area contributed by atoms with Crippen molar-refractivity contribution < 1.29 is 9.59 Å². The lowest BCUT2D eigenvalue weighted by Crippen LogP contribution is -2.52. The zero-order valence-electron chi connectivity index (χ0n) is 10.7. The van der Waals surface area contributed by atoms with Gasteiger partial charge in [0, 0.05) is 19.0 Å². The number of amides is 2. The second-order valence-electron chi connectivity index (χ2n) is 4.96. The summed E-state index contributed by atoms with van der Waals surface area (Å²) in [6.07, 6.45) is 2.94. The summed E-state index contributed by atoms with van der Waals surface area (Å²) in [5.41, 5.74) is 4.80. The maximum atomic E-state index is 12.2. The van der Waals surface area contributed by atoms with Gasteiger partial charge in [-0.25, -0.2) is 0 Å². The van der Waals surface area contributed by atoms with Crippen molar-refractivity contribution in [2.45, 2.75) is 45.6 Å². The average Bonchev–Trinajstić information content (AvgIpc) is 2.28. The van der Waals surface area contributed by atoms with Crippen LogP contribution >= 0.6 is 0 Å². The Balaban J connectivity index is 2.57. The molecule has 1 fully saturated rings. The van der Waals surface area contributed by atoms with Gasteiger partial charge in [-0.15, -0.1) is 0 Å². The molecule has 0 aromatic heterocycles. The lowest BCUT2D eigenvalue weighted by atomic mass is 9.77. The number of nitrogens with two attached hydrogens (primary N) is 1. The molecule has 0 aromatic rings. The molecule has 1 rings (SSSR count). The molecule has 0 aromatic carbocycles. The first-order valence-corrected chi connectivity index (χ1v) is 6.30. The number of carbonyl (C=O) groups is 2. The first kappa shape index (κ1) is 14.0. The Bertz CT molecular complexity index is 285. The molecule has 2 atom stereocenters. The van der Waals surface area contributed by atoms with Gasteiger partial charge in [0.25, 0.3) is 0 Å². The Morgan fingerprint density at radius 2 is 2.24 bits per heavy atom. The zero-order valence-corrected chi connectivity index (χ0v) is 10.7. The summed E-state index contributed by atoms with van der Waals surface area (Å²) < 4.78 is 0. The minimum atomic E-state index is -0.384. The molecule has 5 heteroatoms. The predicted octanol–water partition coefficient (Wildman–Crippen LogP) is 0.146. The minimum absolute atomic E-state index is 0.0425. The number of rotatable bonds is 5. The number of piperidine rings is 1. The summed E-state index contributed by atoms with van der Waals surface area (Å²) in [4.78, 5) is 23.0. The van der Waals surface area contributed by atoms with E-state index in [1.807, 2.05) is 13.8 Å². The summed E-state index contributed by atoms with van der Waals surface area (Å²) in [5, 5.41) is 6.16. The molecule has 1 aliphatic heterocycles. The van der Waals surface area contributed by atoms with Gasteiger partial charge >= 0.3 is 0 Å². The molecule has 0 aliphatic carbocycles. The highest BCUT2D eigenvalue weighted by Gasteiger charge is 2.38. The topological polar surface area (TPSA) is 84.2 Å². The van der Waals surface area contributed by atoms with Crippen molar-refractivity contribution in [3.8, 4) is 0 Å². The van der Waals surface area contributed by atoms with Crippen LogP contribution in [0.25, 0.3) is 0 Å². The van der Waals surface area contributed by atoms with Gasteiger partial charge in [0.15, 0.2) is 0 Å². The van der Waals surface area contributed by atoms with Crippen LogP contribution in [0.3, 0.4) is 0 Å². The molecule has 98 valence electrons. The predicted molar refractivity (Wildman–Crippen MR) is 66.2 cm³/mol. The van der Waals surface area contributed by atoms with Crippen LogP contribution in [-0.4, -0.2) is 30.9 Å². The van der Waals surface area contributed by atoms with E-state index < -0.39 is 0 Å². The van der Waals surface area contributed by atoms with Crippen LogP contribution in [0.5, 0.6) is 0 Å². The second-order valence-corrected chi connectivity index (χ2v) is 4.96. The summed E-state index contributed by atoms with van der Waals surface area (Å²) in [7, 11) is 0. The van der Waals surface area contributed by atoms with Gasteiger partial charge in [-0.1, -0.05) is 6.92 Å². The Morgan fingerprint density at radius 1 is 1.53 bits per heavy atom. The summed E-state index contributed by atoms with van der Waals surface area (Å²) in [6.45, 7) is 5.54. The number of hydrogen-bond acceptors (Lipinski definition) is 3. The Labute approximate surface area is 103 Å². The maximum absolute atomic E-state index is 12.2. The maximum Gasteiger partial charge on any atom is 0.227 e. The van der Waals surface area contributed by atoms with Gasteiger partial charge < -0.3 is 16.4 Å². The van der Waals surface area contributed by atoms with Crippen molar-refractivity contribution in [1.29, 1.82) is 0 Å². The molecule has 1 aliphatic rings. The van der Waals surface area contributed by atoms with Crippen LogP contribution in [0.15, 0.2) is 0 Å². The van der Waals surface area contributed by atoms with Crippen LogP contribution in [0.2, 0.25) is 0 Å². The van der Waals surface area contributed by atoms with E-state index in [1.54, 1.807) is 0 Å². The fourth-order valence-corrected chi connectivity index (χ4v) is 2.35. The molecule has 2 unspecified atom stereocenters. The van der Waals surface area contributed by atoms with Gasteiger partial charge in [0.05, 0.1) is 5.41 Å². The number of hydrogen-bond donors (Lipinski definition) is 3. The average molecular weight is 241 g/mol. The number of primary amides is 1. The van der Waals surface area contributed by atoms with Gasteiger partial charge in [-0.2, -0.15) is 0 Å². The summed E-state index contributed by atoms with van der Waals surface area (Å²) in [6, 6.07) is -0.189. The SMILES string of the molecule is CCC1(C(=O)NC(C)CC(N)=O)CCCNC1. The Morgan fingerprint density at radius 3 is 2.71 bits per heavy atom. The van der Waals surface area contributed by atoms with E-state index in [2.05, 4.69) is 10.6 Å². The van der Waals surface area contributed by atoms with Gasteiger partial charge in [0.1, 0.15) is 0 Å². The molecule has 17 heavy (non-hydrogen) atoms. The third-order valence-corrected chi connectivity index (χ3v) is 3.52. The molecule has 1 saturated heterocycles. The first-order valence-electron chi connectivity index (χ1n) is 6.30. The van der Waals surface area contributed by atoms with Crippen molar-refractivity contribution in [2.24, 2.45) is 11.1 Å². The van der Waals surface area contributed by atoms with E-state index in [4.69, 9.17) is 5.73 Å². The standard InChI is InChI=1S/C12H23N3O2/c1-3-12(5-4-6-14-8-12)11(17)15-9(2)7-10(13)16/h9,14H,3-8H2,1-2H3,(H2,13,16)(H,15,17). The van der Waals surface area contributed by atoms with Crippen molar-refractivity contribution in [2.75, 3.05) is 13.1 Å². The van der Waals surface area contributed by atoms with Crippen LogP contribution in [-0.2, 0) is 9.59 Å². The van der Waals surface area contributed by atoms with Gasteiger partial charge in [-0.05, 0) is 32.7 Å². The largest absolute Gasteiger partial charge is 0.370 e. The molecule has 0 bridgehead atoms. The quantitative estimate of drug-likeness (QED) is 0.640. The molecule has 4 N–H and O–H groups in total. The molecular formula is C12H23N3O2. The minimum Gasteiger partial charge on any atom is -0.370 e. The fraction of sp³-hybridized carbons (Fsp3) is 0.833. The monoisotopic (exact) mass is 241 g/mol. The highest BCUT2D eigenvalue weighted by Crippen LogP contribution is 2.30. The number of nitrogens with one attached hydrogen (secondary N) is 2. The molecule has 5 nitrogen and oxygen atoms in total. The van der Waals surface area contributed by atoms with Crippen molar-refractivity contribution in [1.82, 2.24) is 10.6 Å². The molecule has 0 radical (unpaired) electrons. The fourth-order valence-electron chi connectivity index (χ4n) is 2.35. The highest BCUT2D eigenvalue weighted by molar-refractivity contribution is 5.84. The van der Waals surface area contributed by atoms with Crippen molar-refractivity contribution in [3.63, 3.8) is 0 Å². The zero-order chi connectivity index (χ0) is 12.9. The summed E-state index contributed by atoms with van der Waals surface area (Å²) >= 11 is 0.